The number of H-pyrrole nitrogens is 1. The smallest absolute Gasteiger partial charge is 0.410 e. The highest BCUT2D eigenvalue weighted by molar-refractivity contribution is 6.31. The summed E-state index contributed by atoms with van der Waals surface area (Å²) in [6.07, 6.45) is -0.264. The number of fused-ring (bicyclic) bond motifs is 3. The number of alkyl halides is 1. The van der Waals surface area contributed by atoms with Crippen LogP contribution in [0.3, 0.4) is 0 Å². The molecule has 174 valence electrons. The van der Waals surface area contributed by atoms with Crippen molar-refractivity contribution in [2.24, 2.45) is 0 Å². The lowest BCUT2D eigenvalue weighted by Gasteiger charge is -2.35. The van der Waals surface area contributed by atoms with Gasteiger partial charge in [-0.05, 0) is 47.9 Å². The summed E-state index contributed by atoms with van der Waals surface area (Å²) in [6, 6.07) is 12.8. The Hall–Kier alpha value is -2.81. The van der Waals surface area contributed by atoms with E-state index in [2.05, 4.69) is 4.98 Å². The van der Waals surface area contributed by atoms with Gasteiger partial charge in [-0.2, -0.15) is 0 Å². The Morgan fingerprint density at radius 1 is 1.18 bits per heavy atom. The highest BCUT2D eigenvalue weighted by Crippen LogP contribution is 2.39. The first kappa shape index (κ1) is 22.0. The molecule has 1 atom stereocenters. The van der Waals surface area contributed by atoms with Crippen LogP contribution in [0.5, 0.6) is 5.75 Å². The van der Waals surface area contributed by atoms with Crippen LogP contribution in [0.15, 0.2) is 42.5 Å². The molecule has 1 aromatic heterocycles. The molecule has 3 aromatic rings. The highest BCUT2D eigenvalue weighted by atomic mass is 35.5. The lowest BCUT2D eigenvalue weighted by molar-refractivity contribution is -0.0684. The number of hydrogen-bond acceptors (Lipinski definition) is 5. The van der Waals surface area contributed by atoms with Crippen LogP contribution in [0.25, 0.3) is 10.9 Å². The summed E-state index contributed by atoms with van der Waals surface area (Å²) in [7, 11) is 0. The van der Waals surface area contributed by atoms with E-state index >= 15 is 0 Å². The molecule has 5 rings (SSSR count). The number of halogens is 2. The number of nitrogens with one attached hydrogen (secondary N) is 1. The number of benzene rings is 2. The Morgan fingerprint density at radius 3 is 2.73 bits per heavy atom. The summed E-state index contributed by atoms with van der Waals surface area (Å²) in [5.74, 6) is 0.670. The Bertz CT molecular complexity index is 1130. The summed E-state index contributed by atoms with van der Waals surface area (Å²) in [4.78, 5) is 17.9. The first-order chi connectivity index (χ1) is 16.1. The number of carbonyl (C=O) groups excluding carboxylic acids is 1. The van der Waals surface area contributed by atoms with E-state index in [-0.39, 0.29) is 12.9 Å². The normalized spacial score (nSPS) is 18.5. The van der Waals surface area contributed by atoms with Crippen molar-refractivity contribution in [3.8, 4) is 5.75 Å². The largest absolute Gasteiger partial charge is 0.488 e. The van der Waals surface area contributed by atoms with Gasteiger partial charge in [0.25, 0.3) is 0 Å². The number of ether oxygens (including phenoxy) is 4. The molecule has 1 amide bonds. The number of hydrogen-bond donors (Lipinski definition) is 1. The topological polar surface area (TPSA) is 73.0 Å². The number of aromatic amines is 1. The molecule has 9 heteroatoms. The number of rotatable bonds is 6. The molecular weight excluding hydrogens is 451 g/mol. The maximum Gasteiger partial charge on any atom is 0.410 e. The van der Waals surface area contributed by atoms with Crippen LogP contribution in [0.1, 0.15) is 22.9 Å². The van der Waals surface area contributed by atoms with Gasteiger partial charge in [0.15, 0.2) is 6.29 Å². The summed E-state index contributed by atoms with van der Waals surface area (Å²) >= 11 is 6.24. The van der Waals surface area contributed by atoms with Crippen LogP contribution in [0, 0.1) is 0 Å². The molecule has 0 radical (unpaired) electrons. The summed E-state index contributed by atoms with van der Waals surface area (Å²) in [5.41, 5.74) is 3.84. The fraction of sp³-hybridized carbons (Fsp3) is 0.375. The average Bonchev–Trinajstić information content (AvgIpc) is 3.48. The van der Waals surface area contributed by atoms with Gasteiger partial charge in [-0.1, -0.05) is 23.7 Å². The molecule has 2 aliphatic rings. The zero-order chi connectivity index (χ0) is 22.8. The lowest BCUT2D eigenvalue weighted by atomic mass is 9.92. The summed E-state index contributed by atoms with van der Waals surface area (Å²) in [5, 5.41) is 1.69. The number of nitrogens with zero attached hydrogens (tertiary/aromatic N) is 1. The van der Waals surface area contributed by atoms with Gasteiger partial charge in [0.05, 0.1) is 13.2 Å². The Labute approximate surface area is 195 Å². The van der Waals surface area contributed by atoms with Crippen LogP contribution in [-0.4, -0.2) is 61.9 Å². The molecular formula is C24H24ClFN2O5. The third kappa shape index (κ3) is 4.51. The predicted molar refractivity (Wildman–Crippen MR) is 121 cm³/mol. The third-order valence-electron chi connectivity index (χ3n) is 5.90. The third-order valence-corrected chi connectivity index (χ3v) is 6.13. The molecule has 0 spiro atoms. The van der Waals surface area contributed by atoms with E-state index < -0.39 is 18.8 Å². The van der Waals surface area contributed by atoms with Gasteiger partial charge in [0.2, 0.25) is 0 Å². The summed E-state index contributed by atoms with van der Waals surface area (Å²) in [6.45, 7) is 0.895. The van der Waals surface area contributed by atoms with Gasteiger partial charge in [-0.15, -0.1) is 0 Å². The maximum atomic E-state index is 12.8. The van der Waals surface area contributed by atoms with Gasteiger partial charge in [-0.3, -0.25) is 4.90 Å². The zero-order valence-corrected chi connectivity index (χ0v) is 18.6. The van der Waals surface area contributed by atoms with Crippen molar-refractivity contribution in [3.63, 3.8) is 0 Å². The van der Waals surface area contributed by atoms with Crippen molar-refractivity contribution >= 4 is 28.6 Å². The molecule has 0 aliphatic carbocycles. The highest BCUT2D eigenvalue weighted by Gasteiger charge is 2.35. The lowest BCUT2D eigenvalue weighted by Crippen LogP contribution is -2.41. The Kier molecular flexibility index (Phi) is 6.39. The van der Waals surface area contributed by atoms with Crippen LogP contribution >= 0.6 is 11.6 Å². The molecule has 2 aromatic carbocycles. The molecule has 1 unspecified atom stereocenters. The Morgan fingerprint density at radius 2 is 1.97 bits per heavy atom. The van der Waals surface area contributed by atoms with Gasteiger partial charge in [-0.25, -0.2) is 9.18 Å². The zero-order valence-electron chi connectivity index (χ0n) is 17.9. The van der Waals surface area contributed by atoms with Crippen molar-refractivity contribution < 1.29 is 28.1 Å². The van der Waals surface area contributed by atoms with Crippen molar-refractivity contribution in [1.29, 1.82) is 0 Å². The number of aromatic nitrogens is 1. The fourth-order valence-electron chi connectivity index (χ4n) is 4.43. The SMILES string of the molecule is O=C(OCCF)N1CCc2c([nH]c3ccc(Cl)cc23)C1c1ccc(OCC2OCCO2)cc1. The van der Waals surface area contributed by atoms with Crippen molar-refractivity contribution in [1.82, 2.24) is 9.88 Å². The van der Waals surface area contributed by atoms with E-state index in [1.165, 1.54) is 0 Å². The molecule has 1 saturated heterocycles. The molecule has 7 nitrogen and oxygen atoms in total. The van der Waals surface area contributed by atoms with Gasteiger partial charge in [0.1, 0.15) is 31.7 Å². The van der Waals surface area contributed by atoms with Crippen molar-refractivity contribution in [2.75, 3.05) is 39.6 Å². The average molecular weight is 475 g/mol. The molecule has 3 heterocycles. The monoisotopic (exact) mass is 474 g/mol. The van der Waals surface area contributed by atoms with Gasteiger partial charge in [0, 0.05) is 28.2 Å². The minimum absolute atomic E-state index is 0.269. The van der Waals surface area contributed by atoms with Crippen molar-refractivity contribution in [2.45, 2.75) is 18.8 Å². The second-order valence-corrected chi connectivity index (χ2v) is 8.34. The minimum atomic E-state index is -0.721. The quantitative estimate of drug-likeness (QED) is 0.564. The van der Waals surface area contributed by atoms with E-state index in [0.29, 0.717) is 43.6 Å². The van der Waals surface area contributed by atoms with Crippen LogP contribution in [-0.2, 0) is 20.6 Å². The Balaban J connectivity index is 1.46. The first-order valence-electron chi connectivity index (χ1n) is 10.9. The predicted octanol–water partition coefficient (Wildman–Crippen LogP) is 4.63. The molecule has 2 aliphatic heterocycles. The molecule has 33 heavy (non-hydrogen) atoms. The second-order valence-electron chi connectivity index (χ2n) is 7.91. The summed E-state index contributed by atoms with van der Waals surface area (Å²) < 4.78 is 34.3. The molecule has 0 saturated carbocycles. The number of amides is 1. The van der Waals surface area contributed by atoms with E-state index in [4.69, 9.17) is 30.5 Å². The van der Waals surface area contributed by atoms with E-state index in [1.54, 1.807) is 4.90 Å². The van der Waals surface area contributed by atoms with Gasteiger partial charge >= 0.3 is 6.09 Å². The molecule has 1 fully saturated rings. The van der Waals surface area contributed by atoms with Crippen LogP contribution in [0.2, 0.25) is 5.02 Å². The number of carbonyl (C=O) groups is 1. The fourth-order valence-corrected chi connectivity index (χ4v) is 4.60. The molecule has 0 bridgehead atoms. The van der Waals surface area contributed by atoms with Crippen LogP contribution in [0.4, 0.5) is 9.18 Å². The van der Waals surface area contributed by atoms with E-state index in [9.17, 15) is 9.18 Å². The first-order valence-corrected chi connectivity index (χ1v) is 11.3. The second kappa shape index (κ2) is 9.59. The maximum absolute atomic E-state index is 12.8. The van der Waals surface area contributed by atoms with Crippen molar-refractivity contribution in [3.05, 3.63) is 64.3 Å². The van der Waals surface area contributed by atoms with Crippen LogP contribution < -0.4 is 4.74 Å². The molecule has 1 N–H and O–H groups in total. The van der Waals surface area contributed by atoms with Gasteiger partial charge < -0.3 is 23.9 Å². The van der Waals surface area contributed by atoms with E-state index in [0.717, 1.165) is 27.7 Å². The van der Waals surface area contributed by atoms with E-state index in [1.807, 2.05) is 42.5 Å². The minimum Gasteiger partial charge on any atom is -0.488 e. The standard InChI is InChI=1S/C24H24ClFN2O5/c25-16-3-6-20-19(13-16)18-7-9-28(24(29)32-10-8-26)23(22(18)27-20)15-1-4-17(5-2-15)33-14-21-30-11-12-31-21/h1-6,13,21,23,27H,7-12,14H2.